The van der Waals surface area contributed by atoms with Gasteiger partial charge in [0.25, 0.3) is 5.91 Å². The van der Waals surface area contributed by atoms with Crippen molar-refractivity contribution in [2.45, 2.75) is 25.9 Å². The van der Waals surface area contributed by atoms with Crippen molar-refractivity contribution in [2.75, 3.05) is 23.7 Å². The predicted octanol–water partition coefficient (Wildman–Crippen LogP) is 2.27. The molecule has 2 aromatic rings. The number of anilines is 1. The molecule has 1 amide bonds. The van der Waals surface area contributed by atoms with E-state index >= 15 is 0 Å². The van der Waals surface area contributed by atoms with Gasteiger partial charge in [0, 0.05) is 6.54 Å². The highest BCUT2D eigenvalue weighted by Gasteiger charge is 2.34. The number of rotatable bonds is 6. The fourth-order valence-electron chi connectivity index (χ4n) is 3.03. The van der Waals surface area contributed by atoms with Crippen molar-refractivity contribution in [1.82, 2.24) is 5.32 Å². The lowest BCUT2D eigenvalue weighted by atomic mass is 10.1. The van der Waals surface area contributed by atoms with Crippen LogP contribution in [0.5, 0.6) is 5.75 Å². The first-order valence-electron chi connectivity index (χ1n) is 8.91. The molecular weight excluding hydrogens is 364 g/mol. The van der Waals surface area contributed by atoms with Gasteiger partial charge in [-0.2, -0.15) is 0 Å². The zero-order chi connectivity index (χ0) is 19.4. The third-order valence-corrected chi connectivity index (χ3v) is 5.64. The van der Waals surface area contributed by atoms with E-state index in [1.54, 1.807) is 24.3 Å². The molecule has 0 spiro atoms. The van der Waals surface area contributed by atoms with Crippen molar-refractivity contribution in [2.24, 2.45) is 0 Å². The lowest BCUT2D eigenvalue weighted by Crippen LogP contribution is -2.50. The molecule has 0 bridgehead atoms. The van der Waals surface area contributed by atoms with E-state index in [0.717, 1.165) is 19.1 Å². The number of benzene rings is 2. The van der Waals surface area contributed by atoms with Gasteiger partial charge in [-0.1, -0.05) is 42.0 Å². The molecule has 0 unspecified atom stereocenters. The van der Waals surface area contributed by atoms with Crippen LogP contribution in [0.1, 0.15) is 17.5 Å². The van der Waals surface area contributed by atoms with E-state index in [9.17, 15) is 13.2 Å². The Kier molecular flexibility index (Phi) is 5.70. The van der Waals surface area contributed by atoms with E-state index in [2.05, 4.69) is 29.6 Å². The number of fused-ring (bicyclic) bond motifs is 1. The molecule has 0 aliphatic carbocycles. The fourth-order valence-corrected chi connectivity index (χ4v) is 3.94. The van der Waals surface area contributed by atoms with Gasteiger partial charge in [-0.15, -0.1) is 0 Å². The van der Waals surface area contributed by atoms with Gasteiger partial charge in [0.1, 0.15) is 5.75 Å². The second-order valence-corrected chi connectivity index (χ2v) is 8.66. The number of hydrogen-bond donors (Lipinski definition) is 1. The van der Waals surface area contributed by atoms with Gasteiger partial charge in [-0.3, -0.25) is 9.10 Å². The summed E-state index contributed by atoms with van der Waals surface area (Å²) in [5.74, 6) is 0.0936. The summed E-state index contributed by atoms with van der Waals surface area (Å²) in [4.78, 5) is 12.5. The van der Waals surface area contributed by atoms with Gasteiger partial charge < -0.3 is 10.1 Å². The molecule has 1 aliphatic heterocycles. The van der Waals surface area contributed by atoms with E-state index in [-0.39, 0.29) is 12.5 Å². The van der Waals surface area contributed by atoms with Crippen molar-refractivity contribution in [1.29, 1.82) is 0 Å². The molecule has 144 valence electrons. The molecule has 7 heteroatoms. The number of sulfonamides is 1. The zero-order valence-electron chi connectivity index (χ0n) is 15.5. The second kappa shape index (κ2) is 8.00. The van der Waals surface area contributed by atoms with Crippen LogP contribution in [0.3, 0.4) is 0 Å². The first-order chi connectivity index (χ1) is 12.8. The smallest absolute Gasteiger partial charge is 0.263 e. The summed E-state index contributed by atoms with van der Waals surface area (Å²) in [5, 5.41) is 2.85. The summed E-state index contributed by atoms with van der Waals surface area (Å²) >= 11 is 0. The molecule has 0 saturated heterocycles. The van der Waals surface area contributed by atoms with Crippen LogP contribution in [0.2, 0.25) is 0 Å². The molecule has 27 heavy (non-hydrogen) atoms. The summed E-state index contributed by atoms with van der Waals surface area (Å²) in [6.07, 6.45) is 1.93. The van der Waals surface area contributed by atoms with Crippen molar-refractivity contribution in [3.05, 3.63) is 59.7 Å². The Labute approximate surface area is 160 Å². The number of nitrogens with zero attached hydrogens (tertiary/aromatic N) is 1. The van der Waals surface area contributed by atoms with Gasteiger partial charge in [0.2, 0.25) is 10.0 Å². The molecule has 1 N–H and O–H groups in total. The number of nitrogens with one attached hydrogen (secondary N) is 1. The summed E-state index contributed by atoms with van der Waals surface area (Å²) in [5.41, 5.74) is 2.90. The highest BCUT2D eigenvalue weighted by molar-refractivity contribution is 7.92. The van der Waals surface area contributed by atoms with Crippen LogP contribution in [0.25, 0.3) is 0 Å². The number of ether oxygens (including phenoxy) is 1. The van der Waals surface area contributed by atoms with Crippen LogP contribution >= 0.6 is 0 Å². The normalized spacial score (nSPS) is 16.4. The van der Waals surface area contributed by atoms with Gasteiger partial charge >= 0.3 is 0 Å². The van der Waals surface area contributed by atoms with E-state index < -0.39 is 16.1 Å². The second-order valence-electron chi connectivity index (χ2n) is 6.75. The van der Waals surface area contributed by atoms with E-state index in [4.69, 9.17) is 4.74 Å². The number of carbonyl (C=O) groups is 1. The Morgan fingerprint density at radius 1 is 1.19 bits per heavy atom. The average molecular weight is 388 g/mol. The van der Waals surface area contributed by atoms with Gasteiger partial charge in [-0.05, 0) is 37.5 Å². The third kappa shape index (κ3) is 4.80. The Hall–Kier alpha value is -2.54. The summed E-state index contributed by atoms with van der Waals surface area (Å²) in [6.45, 7) is 2.53. The Morgan fingerprint density at radius 2 is 1.89 bits per heavy atom. The highest BCUT2D eigenvalue weighted by Crippen LogP contribution is 2.34. The molecule has 0 aromatic heterocycles. The Morgan fingerprint density at radius 3 is 2.59 bits per heavy atom. The standard InChI is InChI=1S/C20H24N2O4S/c1-15-9-11-16(12-10-15)6-5-13-21-20(23)19-14-22(27(2,24)25)17-7-3-4-8-18(17)26-19/h3-4,7-12,19H,5-6,13-14H2,1-2H3,(H,21,23)/t19-/m1/s1. The summed E-state index contributed by atoms with van der Waals surface area (Å²) in [7, 11) is -3.50. The minimum Gasteiger partial charge on any atom is -0.476 e. The van der Waals surface area contributed by atoms with Gasteiger partial charge in [0.05, 0.1) is 18.5 Å². The van der Waals surface area contributed by atoms with Gasteiger partial charge in [0.15, 0.2) is 6.10 Å². The van der Waals surface area contributed by atoms with Crippen LogP contribution in [0.15, 0.2) is 48.5 Å². The fraction of sp³-hybridized carbons (Fsp3) is 0.350. The maximum Gasteiger partial charge on any atom is 0.263 e. The molecular formula is C20H24N2O4S. The lowest BCUT2D eigenvalue weighted by Gasteiger charge is -2.33. The molecule has 0 radical (unpaired) electrons. The van der Waals surface area contributed by atoms with Crippen LogP contribution in [0, 0.1) is 6.92 Å². The van der Waals surface area contributed by atoms with Crippen LogP contribution < -0.4 is 14.4 Å². The van der Waals surface area contributed by atoms with E-state index in [1.165, 1.54) is 15.4 Å². The number of amides is 1. The largest absolute Gasteiger partial charge is 0.476 e. The number of carbonyl (C=O) groups excluding carboxylic acids is 1. The average Bonchev–Trinajstić information content (AvgIpc) is 2.64. The zero-order valence-corrected chi connectivity index (χ0v) is 16.3. The van der Waals surface area contributed by atoms with Crippen molar-refractivity contribution >= 4 is 21.6 Å². The molecule has 6 nitrogen and oxygen atoms in total. The number of aryl methyl sites for hydroxylation is 2. The minimum atomic E-state index is -3.50. The monoisotopic (exact) mass is 388 g/mol. The Bertz CT molecular complexity index is 910. The maximum absolute atomic E-state index is 12.5. The van der Waals surface area contributed by atoms with Gasteiger partial charge in [-0.25, -0.2) is 8.42 Å². The number of hydrogen-bond acceptors (Lipinski definition) is 4. The minimum absolute atomic E-state index is 0.0281. The maximum atomic E-state index is 12.5. The predicted molar refractivity (Wildman–Crippen MR) is 106 cm³/mol. The van der Waals surface area contributed by atoms with Crippen molar-refractivity contribution in [3.8, 4) is 5.75 Å². The van der Waals surface area contributed by atoms with Crippen molar-refractivity contribution < 1.29 is 17.9 Å². The number of para-hydroxylation sites is 2. The SMILES string of the molecule is Cc1ccc(CCCNC(=O)[C@H]2CN(S(C)(=O)=O)c3ccccc3O2)cc1. The first kappa shape index (κ1) is 19.2. The molecule has 1 atom stereocenters. The summed E-state index contributed by atoms with van der Waals surface area (Å²) in [6, 6.07) is 15.1. The topological polar surface area (TPSA) is 75.7 Å². The molecule has 3 rings (SSSR count). The quantitative estimate of drug-likeness (QED) is 0.771. The van der Waals surface area contributed by atoms with E-state index in [1.807, 2.05) is 6.92 Å². The summed E-state index contributed by atoms with van der Waals surface area (Å²) < 4.78 is 31.1. The highest BCUT2D eigenvalue weighted by atomic mass is 32.2. The molecule has 1 aliphatic rings. The van der Waals surface area contributed by atoms with Crippen molar-refractivity contribution in [3.63, 3.8) is 0 Å². The van der Waals surface area contributed by atoms with Crippen LogP contribution in [-0.2, 0) is 21.2 Å². The van der Waals surface area contributed by atoms with Crippen LogP contribution in [0.4, 0.5) is 5.69 Å². The first-order valence-corrected chi connectivity index (χ1v) is 10.8. The van der Waals surface area contributed by atoms with Crippen LogP contribution in [-0.4, -0.2) is 39.8 Å². The third-order valence-electron chi connectivity index (χ3n) is 4.49. The lowest BCUT2D eigenvalue weighted by molar-refractivity contribution is -0.127. The molecule has 2 aromatic carbocycles. The molecule has 0 fully saturated rings. The molecule has 0 saturated carbocycles. The van der Waals surface area contributed by atoms with E-state index in [0.29, 0.717) is 18.0 Å². The molecule has 1 heterocycles. The Balaban J connectivity index is 1.58.